The average Bonchev–Trinajstić information content (AvgIpc) is 2.83. The van der Waals surface area contributed by atoms with Crippen molar-refractivity contribution in [2.24, 2.45) is 0 Å². The minimum absolute atomic E-state index is 0.0394. The van der Waals surface area contributed by atoms with E-state index >= 15 is 0 Å². The summed E-state index contributed by atoms with van der Waals surface area (Å²) in [5, 5.41) is 11.7. The number of amides is 1. The van der Waals surface area contributed by atoms with Crippen LogP contribution in [0.3, 0.4) is 0 Å². The fourth-order valence-corrected chi connectivity index (χ4v) is 3.64. The van der Waals surface area contributed by atoms with Gasteiger partial charge in [0.1, 0.15) is 0 Å². The molecule has 0 bridgehead atoms. The number of likely N-dealkylation sites (tertiary alicyclic amines) is 1. The maximum atomic E-state index is 12.4. The highest BCUT2D eigenvalue weighted by molar-refractivity contribution is 14.1. The smallest absolute Gasteiger partial charge is 0.255 e. The largest absolute Gasteiger partial charge is 0.391 e. The van der Waals surface area contributed by atoms with Gasteiger partial charge in [-0.3, -0.25) is 4.79 Å². The molecule has 0 aliphatic carbocycles. The summed E-state index contributed by atoms with van der Waals surface area (Å²) in [4.78, 5) is 16.3. The normalized spacial score (nSPS) is 23.9. The maximum Gasteiger partial charge on any atom is 0.255 e. The van der Waals surface area contributed by atoms with E-state index in [0.717, 1.165) is 15.0 Å². The molecule has 0 radical (unpaired) electrons. The van der Waals surface area contributed by atoms with Gasteiger partial charge in [0, 0.05) is 24.5 Å². The highest BCUT2D eigenvalue weighted by Crippen LogP contribution is 2.24. The lowest BCUT2D eigenvalue weighted by atomic mass is 10.2. The number of halogens is 1. The molecule has 1 amide bonds. The standard InChI is InChI=1S/C12H17IN2O2S/c1-14(2)5-9-4-10(16)6-15(9)12(17)8-3-11(13)18-7-8/h3,7,9-10,16H,4-6H2,1-2H3. The third kappa shape index (κ3) is 3.23. The first-order valence-corrected chi connectivity index (χ1v) is 7.81. The molecule has 0 spiro atoms. The van der Waals surface area contributed by atoms with Crippen molar-refractivity contribution in [1.29, 1.82) is 0 Å². The van der Waals surface area contributed by atoms with Crippen molar-refractivity contribution in [2.75, 3.05) is 27.2 Å². The monoisotopic (exact) mass is 380 g/mol. The Morgan fingerprint density at radius 2 is 2.39 bits per heavy atom. The van der Waals surface area contributed by atoms with E-state index in [1.165, 1.54) is 0 Å². The van der Waals surface area contributed by atoms with Gasteiger partial charge in [-0.05, 0) is 49.2 Å². The average molecular weight is 380 g/mol. The van der Waals surface area contributed by atoms with Crippen molar-refractivity contribution in [3.05, 3.63) is 19.9 Å². The van der Waals surface area contributed by atoms with E-state index in [0.29, 0.717) is 13.0 Å². The Bertz CT molecular complexity index is 435. The zero-order valence-electron chi connectivity index (χ0n) is 10.5. The molecule has 1 aromatic heterocycles. The number of aliphatic hydroxyl groups is 1. The quantitative estimate of drug-likeness (QED) is 0.809. The number of aliphatic hydroxyl groups excluding tert-OH is 1. The van der Waals surface area contributed by atoms with Crippen LogP contribution in [-0.4, -0.2) is 60.1 Å². The molecule has 2 atom stereocenters. The van der Waals surface area contributed by atoms with Crippen molar-refractivity contribution in [2.45, 2.75) is 18.6 Å². The Morgan fingerprint density at radius 1 is 1.67 bits per heavy atom. The van der Waals surface area contributed by atoms with Crippen molar-refractivity contribution >= 4 is 39.8 Å². The van der Waals surface area contributed by atoms with Gasteiger partial charge < -0.3 is 14.9 Å². The third-order valence-corrected chi connectivity index (χ3v) is 4.83. The van der Waals surface area contributed by atoms with E-state index in [-0.39, 0.29) is 11.9 Å². The lowest BCUT2D eigenvalue weighted by Gasteiger charge is -2.26. The van der Waals surface area contributed by atoms with Gasteiger partial charge in [-0.2, -0.15) is 0 Å². The van der Waals surface area contributed by atoms with E-state index in [4.69, 9.17) is 0 Å². The van der Waals surface area contributed by atoms with Crippen molar-refractivity contribution in [3.8, 4) is 0 Å². The minimum atomic E-state index is -0.392. The Hall–Kier alpha value is -0.180. The van der Waals surface area contributed by atoms with Crippen LogP contribution >= 0.6 is 33.9 Å². The third-order valence-electron chi connectivity index (χ3n) is 3.04. The molecule has 100 valence electrons. The van der Waals surface area contributed by atoms with Crippen LogP contribution in [0.15, 0.2) is 11.4 Å². The number of likely N-dealkylation sites (N-methyl/N-ethyl adjacent to an activating group) is 1. The molecule has 0 aromatic carbocycles. The highest BCUT2D eigenvalue weighted by Gasteiger charge is 2.35. The fourth-order valence-electron chi connectivity index (χ4n) is 2.32. The fraction of sp³-hybridized carbons (Fsp3) is 0.583. The molecule has 1 aliphatic heterocycles. The first kappa shape index (κ1) is 14.2. The SMILES string of the molecule is CN(C)CC1CC(O)CN1C(=O)c1csc(I)c1. The number of carbonyl (C=O) groups is 1. The summed E-state index contributed by atoms with van der Waals surface area (Å²) in [6, 6.07) is 2.02. The zero-order chi connectivity index (χ0) is 13.3. The van der Waals surface area contributed by atoms with Gasteiger partial charge in [0.2, 0.25) is 0 Å². The minimum Gasteiger partial charge on any atom is -0.391 e. The second-order valence-corrected chi connectivity index (χ2v) is 7.71. The van der Waals surface area contributed by atoms with Crippen molar-refractivity contribution in [3.63, 3.8) is 0 Å². The molecule has 0 saturated carbocycles. The van der Waals surface area contributed by atoms with Crippen LogP contribution in [0.4, 0.5) is 0 Å². The van der Waals surface area contributed by atoms with Crippen LogP contribution in [0.25, 0.3) is 0 Å². The Kier molecular flexibility index (Phi) is 4.63. The molecule has 1 aromatic rings. The van der Waals surface area contributed by atoms with Gasteiger partial charge in [0.05, 0.1) is 14.6 Å². The van der Waals surface area contributed by atoms with Crippen molar-refractivity contribution < 1.29 is 9.90 Å². The summed E-state index contributed by atoms with van der Waals surface area (Å²) in [7, 11) is 3.97. The molecule has 4 nitrogen and oxygen atoms in total. The topological polar surface area (TPSA) is 43.8 Å². The Morgan fingerprint density at radius 3 is 2.94 bits per heavy atom. The van der Waals surface area contributed by atoms with Crippen LogP contribution in [-0.2, 0) is 0 Å². The molecule has 6 heteroatoms. The predicted octanol–water partition coefficient (Wildman–Crippen LogP) is 1.49. The second-order valence-electron chi connectivity index (χ2n) is 4.90. The maximum absolute atomic E-state index is 12.4. The molecular formula is C12H17IN2O2S. The molecule has 2 unspecified atom stereocenters. The number of carbonyl (C=O) groups excluding carboxylic acids is 1. The predicted molar refractivity (Wildman–Crippen MR) is 81.0 cm³/mol. The van der Waals surface area contributed by atoms with E-state index in [9.17, 15) is 9.90 Å². The molecule has 2 rings (SSSR count). The van der Waals surface area contributed by atoms with Gasteiger partial charge >= 0.3 is 0 Å². The van der Waals surface area contributed by atoms with E-state index in [1.807, 2.05) is 30.4 Å². The summed E-state index contributed by atoms with van der Waals surface area (Å²) in [6.45, 7) is 1.24. The summed E-state index contributed by atoms with van der Waals surface area (Å²) in [5.74, 6) is 0.0394. The second kappa shape index (κ2) is 5.85. The Balaban J connectivity index is 2.12. The molecular weight excluding hydrogens is 363 g/mol. The summed E-state index contributed by atoms with van der Waals surface area (Å²) in [5.41, 5.74) is 0.738. The van der Waals surface area contributed by atoms with Gasteiger partial charge in [-0.15, -0.1) is 11.3 Å². The molecule has 1 saturated heterocycles. The zero-order valence-corrected chi connectivity index (χ0v) is 13.4. The molecule has 2 heterocycles. The number of thiophene rings is 1. The van der Waals surface area contributed by atoms with Gasteiger partial charge in [0.25, 0.3) is 5.91 Å². The summed E-state index contributed by atoms with van der Waals surface area (Å²) in [6.07, 6.45) is 0.280. The molecule has 18 heavy (non-hydrogen) atoms. The van der Waals surface area contributed by atoms with Gasteiger partial charge in [0.15, 0.2) is 0 Å². The first-order chi connectivity index (χ1) is 8.47. The number of nitrogens with zero attached hydrogens (tertiary/aromatic N) is 2. The number of hydrogen-bond donors (Lipinski definition) is 1. The van der Waals surface area contributed by atoms with E-state index < -0.39 is 6.10 Å². The highest BCUT2D eigenvalue weighted by atomic mass is 127. The van der Waals surface area contributed by atoms with Crippen LogP contribution in [0.2, 0.25) is 0 Å². The first-order valence-electron chi connectivity index (χ1n) is 5.85. The van der Waals surface area contributed by atoms with Crippen LogP contribution in [0, 0.1) is 2.88 Å². The molecule has 1 fully saturated rings. The summed E-state index contributed by atoms with van der Waals surface area (Å²) < 4.78 is 1.11. The lowest BCUT2D eigenvalue weighted by Crippen LogP contribution is -2.41. The van der Waals surface area contributed by atoms with E-state index in [2.05, 4.69) is 27.5 Å². The van der Waals surface area contributed by atoms with Gasteiger partial charge in [-0.1, -0.05) is 0 Å². The molecule has 1 aliphatic rings. The van der Waals surface area contributed by atoms with Crippen molar-refractivity contribution in [1.82, 2.24) is 9.80 Å². The van der Waals surface area contributed by atoms with E-state index in [1.54, 1.807) is 11.3 Å². The summed E-state index contributed by atoms with van der Waals surface area (Å²) >= 11 is 3.79. The lowest BCUT2D eigenvalue weighted by molar-refractivity contribution is 0.0699. The van der Waals surface area contributed by atoms with Crippen LogP contribution < -0.4 is 0 Å². The number of hydrogen-bond acceptors (Lipinski definition) is 4. The Labute approximate surface area is 125 Å². The molecule has 1 N–H and O–H groups in total. The number of β-amino-alcohol motifs (C(OH)–C–C–N with tert-alkyl or cyclic N) is 1. The van der Waals surface area contributed by atoms with Crippen LogP contribution in [0.5, 0.6) is 0 Å². The van der Waals surface area contributed by atoms with Gasteiger partial charge in [-0.25, -0.2) is 0 Å². The van der Waals surface area contributed by atoms with Crippen LogP contribution in [0.1, 0.15) is 16.8 Å². The number of rotatable bonds is 3.